The van der Waals surface area contributed by atoms with Crippen molar-refractivity contribution in [2.24, 2.45) is 11.8 Å². The molecule has 3 N–H and O–H groups in total. The zero-order valence-electron chi connectivity index (χ0n) is 16.8. The maximum absolute atomic E-state index is 13.1. The minimum absolute atomic E-state index is 0.0808. The largest absolute Gasteiger partial charge is 0.508 e. The van der Waals surface area contributed by atoms with Gasteiger partial charge < -0.3 is 15.5 Å². The molecule has 0 radical (unpaired) electrons. The van der Waals surface area contributed by atoms with Crippen molar-refractivity contribution in [3.8, 4) is 5.75 Å². The first-order valence-electron chi connectivity index (χ1n) is 10.0. The number of benzene rings is 2. The lowest BCUT2D eigenvalue weighted by Crippen LogP contribution is -2.47. The number of carboxylic acids is 1. The fraction of sp³-hybridized carbons (Fsp3) is 0.348. The molecule has 6 nitrogen and oxygen atoms in total. The number of nitrogens with one attached hydrogen (secondary N) is 1. The van der Waals surface area contributed by atoms with Crippen LogP contribution in [0.4, 0.5) is 0 Å². The van der Waals surface area contributed by atoms with Crippen LogP contribution >= 0.6 is 24.4 Å². The van der Waals surface area contributed by atoms with E-state index >= 15 is 0 Å². The molecule has 0 aliphatic carbocycles. The number of phenolic OH excluding ortho intramolecular Hbond substituents is 1. The van der Waals surface area contributed by atoms with Gasteiger partial charge in [0.15, 0.2) is 0 Å². The minimum atomic E-state index is -1.13. The molecule has 0 aromatic heterocycles. The van der Waals surface area contributed by atoms with Crippen LogP contribution in [0.5, 0.6) is 5.75 Å². The summed E-state index contributed by atoms with van der Waals surface area (Å²) in [5, 5.41) is 22.2. The van der Waals surface area contributed by atoms with Crippen LogP contribution in [0.3, 0.4) is 0 Å². The fourth-order valence-electron chi connectivity index (χ4n) is 3.87. The van der Waals surface area contributed by atoms with E-state index < -0.39 is 29.8 Å². The number of aliphatic carboxylic acids is 1. The van der Waals surface area contributed by atoms with Crippen molar-refractivity contribution in [2.45, 2.75) is 24.1 Å². The summed E-state index contributed by atoms with van der Waals surface area (Å²) in [4.78, 5) is 37.8. The van der Waals surface area contributed by atoms with Crippen LogP contribution in [-0.4, -0.2) is 45.4 Å². The third kappa shape index (κ3) is 5.62. The summed E-state index contributed by atoms with van der Waals surface area (Å²) >= 11 is 5.59. The molecule has 3 rings (SSSR count). The summed E-state index contributed by atoms with van der Waals surface area (Å²) in [5.41, 5.74) is 1.41. The number of para-hydroxylation sites is 1. The van der Waals surface area contributed by atoms with Crippen molar-refractivity contribution in [3.05, 3.63) is 65.7 Å². The zero-order chi connectivity index (χ0) is 22.4. The van der Waals surface area contributed by atoms with E-state index in [1.54, 1.807) is 36.4 Å². The first-order chi connectivity index (χ1) is 14.9. The lowest BCUT2D eigenvalue weighted by molar-refractivity contribution is -0.142. The average molecular weight is 460 g/mol. The van der Waals surface area contributed by atoms with Gasteiger partial charge in [0.05, 0.1) is 5.92 Å². The highest BCUT2D eigenvalue weighted by atomic mass is 32.2. The number of carbonyl (C=O) groups is 3. The van der Waals surface area contributed by atoms with Crippen molar-refractivity contribution in [3.63, 3.8) is 0 Å². The van der Waals surface area contributed by atoms with Crippen LogP contribution in [0.25, 0.3) is 0 Å². The second-order valence-electron chi connectivity index (χ2n) is 7.47. The van der Waals surface area contributed by atoms with Gasteiger partial charge in [0.25, 0.3) is 0 Å². The lowest BCUT2D eigenvalue weighted by Gasteiger charge is -2.24. The Morgan fingerprint density at radius 2 is 1.77 bits per heavy atom. The molecule has 4 unspecified atom stereocenters. The van der Waals surface area contributed by atoms with Crippen LogP contribution in [0, 0.1) is 11.8 Å². The smallest absolute Gasteiger partial charge is 0.326 e. The molecule has 4 atom stereocenters. The molecule has 1 fully saturated rings. The Balaban J connectivity index is 1.81. The van der Waals surface area contributed by atoms with Gasteiger partial charge in [0.1, 0.15) is 17.6 Å². The summed E-state index contributed by atoms with van der Waals surface area (Å²) in [6.45, 7) is 0. The van der Waals surface area contributed by atoms with Crippen molar-refractivity contribution < 1.29 is 24.6 Å². The van der Waals surface area contributed by atoms with Crippen molar-refractivity contribution >= 4 is 42.1 Å². The van der Waals surface area contributed by atoms with Gasteiger partial charge in [0, 0.05) is 35.3 Å². The van der Waals surface area contributed by atoms with E-state index in [1.807, 2.05) is 18.2 Å². The van der Waals surface area contributed by atoms with Gasteiger partial charge in [-0.2, -0.15) is 24.4 Å². The Hall–Kier alpha value is -2.45. The number of ketones is 1. The van der Waals surface area contributed by atoms with E-state index in [4.69, 9.17) is 0 Å². The number of carbonyl (C=O) groups excluding carboxylic acids is 2. The number of thioether (sulfide) groups is 1. The number of amides is 1. The molecule has 0 bridgehead atoms. The Morgan fingerprint density at radius 1 is 1.10 bits per heavy atom. The van der Waals surface area contributed by atoms with Gasteiger partial charge in [-0.05, 0) is 17.4 Å². The molecular weight excluding hydrogens is 434 g/mol. The zero-order valence-corrected chi connectivity index (χ0v) is 18.5. The predicted molar refractivity (Wildman–Crippen MR) is 123 cm³/mol. The maximum atomic E-state index is 13.1. The molecule has 31 heavy (non-hydrogen) atoms. The van der Waals surface area contributed by atoms with Crippen molar-refractivity contribution in [1.29, 1.82) is 0 Å². The molecule has 8 heteroatoms. The normalized spacial score (nSPS) is 21.4. The Labute approximate surface area is 190 Å². The predicted octanol–water partition coefficient (Wildman–Crippen LogP) is 3.11. The van der Waals surface area contributed by atoms with Crippen LogP contribution < -0.4 is 5.32 Å². The van der Waals surface area contributed by atoms with E-state index in [1.165, 1.54) is 11.8 Å². The summed E-state index contributed by atoms with van der Waals surface area (Å²) in [5.74, 6) is -2.22. The third-order valence-electron chi connectivity index (χ3n) is 5.42. The second-order valence-corrected chi connectivity index (χ2v) is 9.10. The molecule has 1 aliphatic rings. The molecule has 0 saturated carbocycles. The summed E-state index contributed by atoms with van der Waals surface area (Å²) in [6, 6.07) is 14.8. The van der Waals surface area contributed by atoms with Gasteiger partial charge in [-0.15, -0.1) is 0 Å². The number of aromatic hydroxyl groups is 1. The van der Waals surface area contributed by atoms with E-state index in [9.17, 15) is 24.6 Å². The van der Waals surface area contributed by atoms with Gasteiger partial charge in [-0.1, -0.05) is 48.5 Å². The number of Topliss-reactive ketones (excluding diaryl/α,β-unsaturated/α-hetero) is 1. The highest BCUT2D eigenvalue weighted by Crippen LogP contribution is 2.50. The summed E-state index contributed by atoms with van der Waals surface area (Å²) in [6.07, 6.45) is 0.356. The topological polar surface area (TPSA) is 104 Å². The number of hydrogen-bond donors (Lipinski definition) is 4. The third-order valence-corrected chi connectivity index (χ3v) is 7.10. The number of carboxylic acid groups (broad SMARTS) is 1. The monoisotopic (exact) mass is 459 g/mol. The van der Waals surface area contributed by atoms with E-state index in [0.29, 0.717) is 17.1 Å². The molecule has 2 aromatic rings. The molecule has 1 amide bonds. The molecule has 2 aromatic carbocycles. The quantitative estimate of drug-likeness (QED) is 0.430. The van der Waals surface area contributed by atoms with Crippen molar-refractivity contribution in [2.75, 3.05) is 11.5 Å². The number of thiol groups is 1. The maximum Gasteiger partial charge on any atom is 0.326 e. The van der Waals surface area contributed by atoms with Crippen LogP contribution in [0.2, 0.25) is 0 Å². The molecule has 164 valence electrons. The Morgan fingerprint density at radius 3 is 2.42 bits per heavy atom. The SMILES string of the molecule is O=C(O)C(Cc1ccccc1)NC(=O)C1CSC(c2ccccc2O)C1C(=O)CCS. The second kappa shape index (κ2) is 10.7. The van der Waals surface area contributed by atoms with Gasteiger partial charge in [-0.3, -0.25) is 9.59 Å². The van der Waals surface area contributed by atoms with Gasteiger partial charge in [-0.25, -0.2) is 4.79 Å². The van der Waals surface area contributed by atoms with E-state index in [2.05, 4.69) is 17.9 Å². The Bertz CT molecular complexity index is 937. The number of phenols is 1. The first-order valence-corrected chi connectivity index (χ1v) is 11.7. The lowest BCUT2D eigenvalue weighted by atomic mass is 9.82. The summed E-state index contributed by atoms with van der Waals surface area (Å²) in [7, 11) is 0. The first kappa shape index (κ1) is 23.2. The fourth-order valence-corrected chi connectivity index (χ4v) is 5.80. The highest BCUT2D eigenvalue weighted by molar-refractivity contribution is 7.99. The van der Waals surface area contributed by atoms with Crippen molar-refractivity contribution in [1.82, 2.24) is 5.32 Å². The van der Waals surface area contributed by atoms with Crippen LogP contribution in [0.15, 0.2) is 54.6 Å². The average Bonchev–Trinajstić information content (AvgIpc) is 3.19. The molecule has 1 aliphatic heterocycles. The highest BCUT2D eigenvalue weighted by Gasteiger charge is 2.46. The standard InChI is InChI=1S/C23H25NO5S2/c25-18-9-5-4-8-15(18)21-20(19(26)10-11-30)16(13-31-21)22(27)24-17(23(28)29)12-14-6-2-1-3-7-14/h1-9,16-17,20-21,25,30H,10-13H2,(H,24,27)(H,28,29). The number of rotatable bonds is 9. The van der Waals surface area contributed by atoms with E-state index in [-0.39, 0.29) is 29.6 Å². The molecule has 1 heterocycles. The minimum Gasteiger partial charge on any atom is -0.508 e. The Kier molecular flexibility index (Phi) is 8.03. The van der Waals surface area contributed by atoms with Crippen LogP contribution in [0.1, 0.15) is 22.8 Å². The molecule has 1 saturated heterocycles. The molecule has 0 spiro atoms. The van der Waals surface area contributed by atoms with Gasteiger partial charge >= 0.3 is 5.97 Å². The van der Waals surface area contributed by atoms with Gasteiger partial charge in [0.2, 0.25) is 5.91 Å². The summed E-state index contributed by atoms with van der Waals surface area (Å²) < 4.78 is 0. The number of hydrogen-bond acceptors (Lipinski definition) is 6. The van der Waals surface area contributed by atoms with Crippen LogP contribution in [-0.2, 0) is 20.8 Å². The molecular formula is C23H25NO5S2. The van der Waals surface area contributed by atoms with E-state index in [0.717, 1.165) is 5.56 Å².